The van der Waals surface area contributed by atoms with E-state index in [1.165, 1.54) is 18.1 Å². The monoisotopic (exact) mass is 325 g/mol. The lowest BCUT2D eigenvalue weighted by molar-refractivity contribution is -0.154. The molecule has 120 valence electrons. The number of amides is 1. The topological polar surface area (TPSA) is 59.0 Å². The molecule has 0 radical (unpaired) electrons. The Labute approximate surface area is 135 Å². The number of carbonyl (C=O) groups is 1. The van der Waals surface area contributed by atoms with E-state index in [-0.39, 0.29) is 12.5 Å². The summed E-state index contributed by atoms with van der Waals surface area (Å²) in [5.41, 5.74) is 0.765. The smallest absolute Gasteiger partial charge is 0.246 e. The zero-order valence-corrected chi connectivity index (χ0v) is 13.4. The SMILES string of the molecule is CO[C@@H]1COC[C@@H](N(C)C(=O)/C=C/c2ccccc2Cl)[C@@H]1O. The van der Waals surface area contributed by atoms with Gasteiger partial charge in [0.25, 0.3) is 0 Å². The van der Waals surface area contributed by atoms with Crippen LogP contribution in [0.4, 0.5) is 0 Å². The largest absolute Gasteiger partial charge is 0.388 e. The first-order valence-corrected chi connectivity index (χ1v) is 7.40. The van der Waals surface area contributed by atoms with Crippen LogP contribution >= 0.6 is 11.6 Å². The van der Waals surface area contributed by atoms with E-state index in [1.807, 2.05) is 18.2 Å². The fourth-order valence-electron chi connectivity index (χ4n) is 2.35. The van der Waals surface area contributed by atoms with Gasteiger partial charge in [-0.25, -0.2) is 0 Å². The van der Waals surface area contributed by atoms with Crippen molar-refractivity contribution in [2.75, 3.05) is 27.4 Å². The molecule has 1 N–H and O–H groups in total. The van der Waals surface area contributed by atoms with Crippen molar-refractivity contribution in [3.8, 4) is 0 Å². The highest BCUT2D eigenvalue weighted by molar-refractivity contribution is 6.32. The van der Waals surface area contributed by atoms with Gasteiger partial charge in [0.1, 0.15) is 12.2 Å². The van der Waals surface area contributed by atoms with Crippen LogP contribution in [0.3, 0.4) is 0 Å². The molecule has 0 bridgehead atoms. The van der Waals surface area contributed by atoms with Gasteiger partial charge >= 0.3 is 0 Å². The van der Waals surface area contributed by atoms with E-state index in [0.29, 0.717) is 11.6 Å². The Bertz CT molecular complexity index is 549. The van der Waals surface area contributed by atoms with Crippen LogP contribution in [0.25, 0.3) is 6.08 Å². The van der Waals surface area contributed by atoms with Crippen LogP contribution in [0.15, 0.2) is 30.3 Å². The minimum Gasteiger partial charge on any atom is -0.388 e. The molecule has 1 aromatic carbocycles. The van der Waals surface area contributed by atoms with Gasteiger partial charge in [-0.3, -0.25) is 4.79 Å². The summed E-state index contributed by atoms with van der Waals surface area (Å²) in [6.45, 7) is 0.606. The maximum absolute atomic E-state index is 12.3. The number of aliphatic hydroxyl groups is 1. The molecular formula is C16H20ClNO4. The first-order valence-electron chi connectivity index (χ1n) is 7.02. The van der Waals surface area contributed by atoms with E-state index in [1.54, 1.807) is 19.2 Å². The third-order valence-corrected chi connectivity index (χ3v) is 4.15. The van der Waals surface area contributed by atoms with Crippen molar-refractivity contribution in [3.05, 3.63) is 40.9 Å². The van der Waals surface area contributed by atoms with Crippen LogP contribution in [0.1, 0.15) is 5.56 Å². The van der Waals surface area contributed by atoms with Gasteiger partial charge in [0.05, 0.1) is 19.3 Å². The maximum atomic E-state index is 12.3. The van der Waals surface area contributed by atoms with Crippen molar-refractivity contribution < 1.29 is 19.4 Å². The fourth-order valence-corrected chi connectivity index (χ4v) is 2.55. The van der Waals surface area contributed by atoms with E-state index in [0.717, 1.165) is 5.56 Å². The Morgan fingerprint density at radius 2 is 2.18 bits per heavy atom. The number of hydrogen-bond donors (Lipinski definition) is 1. The van der Waals surface area contributed by atoms with Crippen molar-refractivity contribution in [2.45, 2.75) is 18.2 Å². The number of aliphatic hydroxyl groups excluding tert-OH is 1. The molecule has 6 heteroatoms. The van der Waals surface area contributed by atoms with Crippen molar-refractivity contribution >= 4 is 23.6 Å². The van der Waals surface area contributed by atoms with E-state index in [4.69, 9.17) is 21.1 Å². The standard InChI is InChI=1S/C16H20ClNO4/c1-18(13-9-22-10-14(21-2)16(13)20)15(19)8-7-11-5-3-4-6-12(11)17/h3-8,13-14,16,20H,9-10H2,1-2H3/b8-7+/t13-,14-,16+/m1/s1. The van der Waals surface area contributed by atoms with Crippen molar-refractivity contribution in [3.63, 3.8) is 0 Å². The minimum absolute atomic E-state index is 0.232. The molecular weight excluding hydrogens is 306 g/mol. The highest BCUT2D eigenvalue weighted by Gasteiger charge is 2.36. The summed E-state index contributed by atoms with van der Waals surface area (Å²) in [5, 5.41) is 10.8. The van der Waals surface area contributed by atoms with Gasteiger partial charge in [0.15, 0.2) is 0 Å². The highest BCUT2D eigenvalue weighted by Crippen LogP contribution is 2.18. The number of nitrogens with zero attached hydrogens (tertiary/aromatic N) is 1. The average molecular weight is 326 g/mol. The van der Waals surface area contributed by atoms with Crippen molar-refractivity contribution in [2.24, 2.45) is 0 Å². The number of methoxy groups -OCH3 is 1. The quantitative estimate of drug-likeness (QED) is 0.854. The second kappa shape index (κ2) is 7.74. The number of benzene rings is 1. The van der Waals surface area contributed by atoms with Crippen molar-refractivity contribution in [1.29, 1.82) is 0 Å². The zero-order valence-electron chi connectivity index (χ0n) is 12.6. The number of likely N-dealkylation sites (N-methyl/N-ethyl adjacent to an activating group) is 1. The van der Waals surface area contributed by atoms with Crippen LogP contribution in [0.5, 0.6) is 0 Å². The lowest BCUT2D eigenvalue weighted by Crippen LogP contribution is -2.56. The molecule has 1 aliphatic heterocycles. The van der Waals surface area contributed by atoms with Gasteiger partial charge in [-0.05, 0) is 17.7 Å². The second-order valence-corrected chi connectivity index (χ2v) is 5.58. The molecule has 0 saturated carbocycles. The van der Waals surface area contributed by atoms with E-state index in [2.05, 4.69) is 0 Å². The molecule has 1 aromatic rings. The Hall–Kier alpha value is -1.40. The normalized spacial score (nSPS) is 25.4. The molecule has 5 nitrogen and oxygen atoms in total. The van der Waals surface area contributed by atoms with E-state index < -0.39 is 18.2 Å². The van der Waals surface area contributed by atoms with Gasteiger partial charge in [-0.1, -0.05) is 29.8 Å². The number of carbonyl (C=O) groups excluding carboxylic acids is 1. The molecule has 1 heterocycles. The number of halogens is 1. The van der Waals surface area contributed by atoms with Crippen LogP contribution in [-0.4, -0.2) is 61.5 Å². The van der Waals surface area contributed by atoms with Gasteiger partial charge in [-0.2, -0.15) is 0 Å². The molecule has 2 rings (SSSR count). The Morgan fingerprint density at radius 1 is 1.45 bits per heavy atom. The summed E-state index contributed by atoms with van der Waals surface area (Å²) in [6.07, 6.45) is 1.89. The summed E-state index contributed by atoms with van der Waals surface area (Å²) < 4.78 is 10.5. The van der Waals surface area contributed by atoms with Crippen molar-refractivity contribution in [1.82, 2.24) is 4.90 Å². The summed E-state index contributed by atoms with van der Waals surface area (Å²) in [6, 6.07) is 6.82. The lowest BCUT2D eigenvalue weighted by Gasteiger charge is -2.38. The Balaban J connectivity index is 2.04. The van der Waals surface area contributed by atoms with Gasteiger partial charge in [0, 0.05) is 25.3 Å². The summed E-state index contributed by atoms with van der Waals surface area (Å²) >= 11 is 6.04. The fraction of sp³-hybridized carbons (Fsp3) is 0.438. The van der Waals surface area contributed by atoms with Crippen LogP contribution in [-0.2, 0) is 14.3 Å². The van der Waals surface area contributed by atoms with Crippen LogP contribution < -0.4 is 0 Å². The molecule has 0 aromatic heterocycles. The number of hydrogen-bond acceptors (Lipinski definition) is 4. The Morgan fingerprint density at radius 3 is 2.86 bits per heavy atom. The first kappa shape index (κ1) is 17.0. The van der Waals surface area contributed by atoms with Crippen LogP contribution in [0.2, 0.25) is 5.02 Å². The highest BCUT2D eigenvalue weighted by atomic mass is 35.5. The lowest BCUT2D eigenvalue weighted by atomic mass is 10.0. The molecule has 0 spiro atoms. The molecule has 1 fully saturated rings. The third-order valence-electron chi connectivity index (χ3n) is 3.80. The predicted molar refractivity (Wildman–Crippen MR) is 84.7 cm³/mol. The molecule has 22 heavy (non-hydrogen) atoms. The first-order chi connectivity index (χ1) is 10.5. The summed E-state index contributed by atoms with van der Waals surface area (Å²) in [5.74, 6) is -0.232. The number of ether oxygens (including phenoxy) is 2. The average Bonchev–Trinajstić information content (AvgIpc) is 2.53. The molecule has 1 saturated heterocycles. The third kappa shape index (κ3) is 3.87. The molecule has 1 amide bonds. The molecule has 1 aliphatic rings. The predicted octanol–water partition coefficient (Wildman–Crippen LogP) is 1.59. The number of rotatable bonds is 4. The van der Waals surface area contributed by atoms with Crippen LogP contribution in [0, 0.1) is 0 Å². The van der Waals surface area contributed by atoms with E-state index >= 15 is 0 Å². The second-order valence-electron chi connectivity index (χ2n) is 5.17. The molecule has 0 unspecified atom stereocenters. The molecule has 0 aliphatic carbocycles. The summed E-state index contributed by atoms with van der Waals surface area (Å²) in [7, 11) is 3.15. The van der Waals surface area contributed by atoms with E-state index in [9.17, 15) is 9.90 Å². The minimum atomic E-state index is -0.776. The van der Waals surface area contributed by atoms with Gasteiger partial charge in [0.2, 0.25) is 5.91 Å². The molecule has 3 atom stereocenters. The Kier molecular flexibility index (Phi) is 5.97. The van der Waals surface area contributed by atoms with Gasteiger partial charge < -0.3 is 19.5 Å². The maximum Gasteiger partial charge on any atom is 0.246 e. The zero-order chi connectivity index (χ0) is 16.1. The summed E-state index contributed by atoms with van der Waals surface area (Å²) in [4.78, 5) is 13.7. The van der Waals surface area contributed by atoms with Gasteiger partial charge in [-0.15, -0.1) is 0 Å².